The van der Waals surface area contributed by atoms with E-state index < -0.39 is 221 Å². The summed E-state index contributed by atoms with van der Waals surface area (Å²) in [5, 5.41) is 31.1. The van der Waals surface area contributed by atoms with Crippen molar-refractivity contribution in [2.75, 3.05) is 32.7 Å². The van der Waals surface area contributed by atoms with Gasteiger partial charge in [0.2, 0.25) is 53.2 Å². The Morgan fingerprint density at radius 1 is 0.289 bits per heavy atom. The van der Waals surface area contributed by atoms with Crippen LogP contribution in [0.25, 0.3) is 0 Å². The number of nitrogens with two attached hydrogens (primary N) is 2. The van der Waals surface area contributed by atoms with Crippen molar-refractivity contribution < 1.29 is 110 Å². The first kappa shape index (κ1) is 105. The van der Waals surface area contributed by atoms with Crippen LogP contribution in [0.1, 0.15) is 268 Å². The van der Waals surface area contributed by atoms with Gasteiger partial charge in [-0.1, -0.05) is 13.8 Å². The van der Waals surface area contributed by atoms with Crippen molar-refractivity contribution in [3.05, 3.63) is 0 Å². The molecular formula is C77H138N14O23. The third-order valence-electron chi connectivity index (χ3n) is 15.1. The minimum atomic E-state index is -1.65. The minimum absolute atomic E-state index is 0.0125. The number of nitrogens with one attached hydrogen (secondary N) is 12. The molecule has 0 aromatic carbocycles. The molecule has 0 aliphatic carbocycles. The molecule has 13 amide bonds. The van der Waals surface area contributed by atoms with E-state index >= 15 is 0 Å². The molecule has 0 aliphatic heterocycles. The number of hydrogen-bond donors (Lipinski definition) is 14. The lowest BCUT2D eigenvalue weighted by Crippen LogP contribution is -2.59. The topological polar surface area (TPSA) is 534 Å². The number of esters is 3. The Bertz CT molecular complexity index is 3170. The number of primary amides is 1. The van der Waals surface area contributed by atoms with E-state index in [9.17, 15) is 76.7 Å². The Balaban J connectivity index is 7.66. The van der Waals surface area contributed by atoms with Crippen LogP contribution < -0.4 is 75.3 Å². The summed E-state index contributed by atoms with van der Waals surface area (Å²) in [6.07, 6.45) is -3.84. The summed E-state index contributed by atoms with van der Waals surface area (Å²) < 4.78 is 37.5. The Kier molecular flexibility index (Phi) is 45.4. The average Bonchev–Trinajstić information content (AvgIpc) is 0.856. The first-order valence-corrected chi connectivity index (χ1v) is 39.1. The SMILES string of the molecule is CC(C)[C@H](NC(=O)[C@H](CCC(=O)OC(C)(C)C)NC(=O)[C@@H](N)CC(=O)OC(C)(C)C)C(=O)N[C@@H](CCC(=O)OC(C)(C)C)C(=O)NCC(=O)N[C@@H](CCCCNC(=O)OC(C)(C)C)C(=O)N[C@@H](CCCCNC(=O)OC(C)(C)C)C(=O)N[C@@H](CCCCNC(=O)OC(C)(C)C)C(=O)N[C@@H](CCCCNC(=O)OC(C)(C)C)C(N)=O. The van der Waals surface area contributed by atoms with E-state index in [4.69, 9.17) is 44.6 Å². The van der Waals surface area contributed by atoms with Gasteiger partial charge < -0.3 is 108 Å². The largest absolute Gasteiger partial charge is 0.460 e. The number of hydrogen-bond acceptors (Lipinski definition) is 24. The van der Waals surface area contributed by atoms with Crippen LogP contribution in [0, 0.1) is 5.92 Å². The standard InChI is InChI=1S/C77H138N14O23/c1-46(2)58(91-65(102)53(37-39-56(94)109-72(6,7)8)87-60(97)47(78)44-57(95)110-73(9,10)11)66(103)90-52(36-38-55(93)108-71(3,4)5)61(98)84-45-54(92)85-49(33-25-29-41-81-68(105)112-75(15,16)17)62(99)88-51(35-27-31-43-83-70(107)114-77(21,22)23)64(101)89-50(34-26-30-42-82-69(106)113-76(18,19)20)63(100)86-48(59(79)96)32-24-28-40-80-67(104)111-74(12,13)14/h46-53,58H,24-45,78H2,1-23H3,(H2,79,96)(H,80,104)(H,81,105)(H,82,106)(H,83,107)(H,84,98)(H,85,92)(H,86,100)(H,87,97)(H,88,99)(H,89,101)(H,90,103)(H,91,102)/t47-,48-,49-,50-,51-,52-,53-,58-/m0/s1. The van der Waals surface area contributed by atoms with Gasteiger partial charge in [-0.25, -0.2) is 19.2 Å². The van der Waals surface area contributed by atoms with E-state index in [2.05, 4.69) is 63.8 Å². The van der Waals surface area contributed by atoms with Crippen molar-refractivity contribution >= 4 is 95.4 Å². The summed E-state index contributed by atoms with van der Waals surface area (Å²) in [5.41, 5.74) is 5.80. The van der Waals surface area contributed by atoms with Gasteiger partial charge in [0.05, 0.1) is 19.0 Å². The van der Waals surface area contributed by atoms with E-state index in [1.165, 1.54) is 0 Å². The van der Waals surface area contributed by atoms with E-state index in [1.54, 1.807) is 159 Å². The quantitative estimate of drug-likeness (QED) is 0.0223. The average molecular weight is 1630 g/mol. The molecule has 654 valence electrons. The van der Waals surface area contributed by atoms with Crippen LogP contribution in [-0.2, 0) is 90.7 Å². The number of rotatable bonds is 46. The molecule has 16 N–H and O–H groups in total. The number of amides is 13. The second-order valence-corrected chi connectivity index (χ2v) is 35.1. The summed E-state index contributed by atoms with van der Waals surface area (Å²) in [5.74, 6) is -11.8. The lowest BCUT2D eigenvalue weighted by Gasteiger charge is -2.28. The highest BCUT2D eigenvalue weighted by atomic mass is 16.6. The molecule has 0 aromatic rings. The fourth-order valence-corrected chi connectivity index (χ4v) is 10.2. The summed E-state index contributed by atoms with van der Waals surface area (Å²) in [4.78, 5) is 217. The molecule has 0 saturated heterocycles. The van der Waals surface area contributed by atoms with Crippen molar-refractivity contribution in [2.24, 2.45) is 17.4 Å². The highest BCUT2D eigenvalue weighted by Gasteiger charge is 2.37. The van der Waals surface area contributed by atoms with Crippen LogP contribution in [-0.4, -0.2) is 216 Å². The van der Waals surface area contributed by atoms with Gasteiger partial charge >= 0.3 is 42.3 Å². The van der Waals surface area contributed by atoms with E-state index in [1.807, 2.05) is 0 Å². The molecule has 0 fully saturated rings. The zero-order chi connectivity index (χ0) is 87.9. The van der Waals surface area contributed by atoms with Gasteiger partial charge in [-0.2, -0.15) is 0 Å². The normalized spacial score (nSPS) is 14.1. The molecule has 114 heavy (non-hydrogen) atoms. The molecule has 0 spiro atoms. The fraction of sp³-hybridized carbons (Fsp3) is 0.792. The molecule has 0 rings (SSSR count). The zero-order valence-electron chi connectivity index (χ0n) is 71.8. The first-order chi connectivity index (χ1) is 52.1. The van der Waals surface area contributed by atoms with Crippen molar-refractivity contribution in [3.8, 4) is 0 Å². The number of alkyl carbamates (subject to hydrolysis) is 4. The third-order valence-corrected chi connectivity index (χ3v) is 15.1. The van der Waals surface area contributed by atoms with Gasteiger partial charge in [0.1, 0.15) is 81.5 Å². The predicted octanol–water partition coefficient (Wildman–Crippen LogP) is 4.72. The number of ether oxygens (including phenoxy) is 7. The maximum Gasteiger partial charge on any atom is 0.407 e. The summed E-state index contributed by atoms with van der Waals surface area (Å²) in [6, 6.07) is -12.0. The van der Waals surface area contributed by atoms with E-state index in [0.717, 1.165) is 0 Å². The Hall–Kier alpha value is -9.32. The van der Waals surface area contributed by atoms with Crippen LogP contribution in [0.2, 0.25) is 0 Å². The number of unbranched alkanes of at least 4 members (excludes halogenated alkanes) is 4. The van der Waals surface area contributed by atoms with Crippen molar-refractivity contribution in [1.29, 1.82) is 0 Å². The lowest BCUT2D eigenvalue weighted by atomic mass is 10.0. The van der Waals surface area contributed by atoms with Gasteiger partial charge in [-0.05, 0) is 241 Å². The third kappa shape index (κ3) is 53.6. The van der Waals surface area contributed by atoms with Gasteiger partial charge in [0, 0.05) is 39.0 Å². The van der Waals surface area contributed by atoms with Crippen molar-refractivity contribution in [3.63, 3.8) is 0 Å². The molecule has 37 heteroatoms. The molecule has 0 aromatic heterocycles. The first-order valence-electron chi connectivity index (χ1n) is 39.1. The minimum Gasteiger partial charge on any atom is -0.460 e. The molecule has 0 aliphatic rings. The van der Waals surface area contributed by atoms with Crippen LogP contribution in [0.4, 0.5) is 19.2 Å². The Morgan fingerprint density at radius 3 is 0.868 bits per heavy atom. The molecule has 0 saturated carbocycles. The van der Waals surface area contributed by atoms with Crippen LogP contribution >= 0.6 is 0 Å². The van der Waals surface area contributed by atoms with Gasteiger partial charge in [0.15, 0.2) is 0 Å². The van der Waals surface area contributed by atoms with Crippen LogP contribution in [0.5, 0.6) is 0 Å². The monoisotopic (exact) mass is 1630 g/mol. The predicted molar refractivity (Wildman–Crippen MR) is 422 cm³/mol. The molecule has 0 unspecified atom stereocenters. The second-order valence-electron chi connectivity index (χ2n) is 35.1. The summed E-state index contributed by atoms with van der Waals surface area (Å²) in [6.45, 7) is 37.2. The van der Waals surface area contributed by atoms with Gasteiger partial charge in [-0.3, -0.25) is 57.5 Å². The summed E-state index contributed by atoms with van der Waals surface area (Å²) >= 11 is 0. The maximum absolute atomic E-state index is 14.9. The van der Waals surface area contributed by atoms with Crippen molar-refractivity contribution in [1.82, 2.24) is 63.8 Å². The van der Waals surface area contributed by atoms with E-state index in [-0.39, 0.29) is 103 Å². The van der Waals surface area contributed by atoms with Crippen molar-refractivity contribution in [2.45, 2.75) is 356 Å². The molecule has 0 bridgehead atoms. The van der Waals surface area contributed by atoms with E-state index in [0.29, 0.717) is 6.42 Å². The fourth-order valence-electron chi connectivity index (χ4n) is 10.2. The van der Waals surface area contributed by atoms with Gasteiger partial charge in [0.25, 0.3) is 0 Å². The molecule has 37 nitrogen and oxygen atoms in total. The molecule has 0 radical (unpaired) electrons. The summed E-state index contributed by atoms with van der Waals surface area (Å²) in [7, 11) is 0. The highest BCUT2D eigenvalue weighted by molar-refractivity contribution is 5.98. The molecule has 8 atom stereocenters. The Labute approximate surface area is 672 Å². The molecule has 0 heterocycles. The highest BCUT2D eigenvalue weighted by Crippen LogP contribution is 2.18. The molecular weight excluding hydrogens is 1490 g/mol. The zero-order valence-corrected chi connectivity index (χ0v) is 71.8. The van der Waals surface area contributed by atoms with Crippen LogP contribution in [0.15, 0.2) is 0 Å². The lowest BCUT2D eigenvalue weighted by molar-refractivity contribution is -0.156. The smallest absolute Gasteiger partial charge is 0.407 e. The Morgan fingerprint density at radius 2 is 0.553 bits per heavy atom. The van der Waals surface area contributed by atoms with Gasteiger partial charge in [-0.15, -0.1) is 0 Å². The number of carbonyl (C=O) groups is 16. The maximum atomic E-state index is 14.9. The number of carbonyl (C=O) groups excluding carboxylic acids is 16. The second kappa shape index (κ2) is 49.4. The van der Waals surface area contributed by atoms with Crippen LogP contribution in [0.3, 0.4) is 0 Å².